The van der Waals surface area contributed by atoms with E-state index in [-0.39, 0.29) is 0 Å². The first-order chi connectivity index (χ1) is 8.22. The molecule has 2 rings (SSSR count). The molecule has 0 saturated heterocycles. The van der Waals surface area contributed by atoms with Gasteiger partial charge in [0.2, 0.25) is 0 Å². The highest BCUT2D eigenvalue weighted by atomic mass is 15.0. The van der Waals surface area contributed by atoms with Crippen molar-refractivity contribution < 1.29 is 0 Å². The summed E-state index contributed by atoms with van der Waals surface area (Å²) >= 11 is 0. The van der Waals surface area contributed by atoms with E-state index in [9.17, 15) is 0 Å². The van der Waals surface area contributed by atoms with Gasteiger partial charge in [0.15, 0.2) is 0 Å². The van der Waals surface area contributed by atoms with Crippen LogP contribution in [0.4, 0.5) is 0 Å². The average Bonchev–Trinajstić information content (AvgIpc) is 2.64. The van der Waals surface area contributed by atoms with Gasteiger partial charge in [-0.2, -0.15) is 0 Å². The summed E-state index contributed by atoms with van der Waals surface area (Å²) in [4.78, 5) is 0. The van der Waals surface area contributed by atoms with Gasteiger partial charge >= 0.3 is 0 Å². The third kappa shape index (κ3) is 2.59. The number of hydrogen-bond donors (Lipinski definition) is 1. The van der Waals surface area contributed by atoms with Gasteiger partial charge in [0, 0.05) is 24.3 Å². The largest absolute Gasteiger partial charge is 0.339 e. The number of allylic oxidation sites excluding steroid dienone is 1. The Morgan fingerprint density at radius 2 is 2.12 bits per heavy atom. The number of nitrogens with zero attached hydrogens (tertiary/aromatic N) is 1. The van der Waals surface area contributed by atoms with Crippen LogP contribution in [0, 0.1) is 0 Å². The number of para-hydroxylation sites is 1. The van der Waals surface area contributed by atoms with Gasteiger partial charge in [-0.05, 0) is 31.0 Å². The second-order valence-electron chi connectivity index (χ2n) is 4.52. The monoisotopic (exact) mass is 228 g/mol. The zero-order valence-corrected chi connectivity index (χ0v) is 10.7. The molecule has 0 bridgehead atoms. The first-order valence-electron chi connectivity index (χ1n) is 6.14. The van der Waals surface area contributed by atoms with Gasteiger partial charge in [0.25, 0.3) is 0 Å². The molecule has 0 amide bonds. The number of fused-ring (bicyclic) bond motifs is 1. The quantitative estimate of drug-likeness (QED) is 0.777. The maximum absolute atomic E-state index is 4.02. The molecule has 0 spiro atoms. The molecule has 1 heterocycles. The Balaban J connectivity index is 2.44. The predicted molar refractivity (Wildman–Crippen MR) is 74.1 cm³/mol. The highest BCUT2D eigenvalue weighted by molar-refractivity contribution is 5.81. The molecule has 0 aliphatic rings. The Morgan fingerprint density at radius 1 is 1.35 bits per heavy atom. The summed E-state index contributed by atoms with van der Waals surface area (Å²) in [7, 11) is 0. The van der Waals surface area contributed by atoms with Crippen molar-refractivity contribution in [2.24, 2.45) is 0 Å². The fourth-order valence-corrected chi connectivity index (χ4v) is 2.12. The van der Waals surface area contributed by atoms with Crippen molar-refractivity contribution in [2.75, 3.05) is 6.54 Å². The van der Waals surface area contributed by atoms with E-state index in [1.54, 1.807) is 0 Å². The van der Waals surface area contributed by atoms with Crippen molar-refractivity contribution in [3.8, 4) is 0 Å². The fourth-order valence-electron chi connectivity index (χ4n) is 2.12. The summed E-state index contributed by atoms with van der Waals surface area (Å²) in [6, 6.07) is 10.8. The molecular formula is C15H20N2. The minimum atomic E-state index is 0.897. The molecule has 2 nitrogen and oxygen atoms in total. The Bertz CT molecular complexity index is 523. The Morgan fingerprint density at radius 3 is 2.82 bits per heavy atom. The van der Waals surface area contributed by atoms with Gasteiger partial charge in [-0.3, -0.25) is 0 Å². The zero-order chi connectivity index (χ0) is 12.3. The molecule has 1 N–H and O–H groups in total. The van der Waals surface area contributed by atoms with E-state index in [1.165, 1.54) is 22.2 Å². The maximum atomic E-state index is 4.02. The minimum absolute atomic E-state index is 0.897. The number of benzene rings is 1. The molecule has 0 aliphatic carbocycles. The van der Waals surface area contributed by atoms with Crippen LogP contribution in [0.3, 0.4) is 0 Å². The van der Waals surface area contributed by atoms with Crippen LogP contribution in [0.1, 0.15) is 19.5 Å². The SMILES string of the molecule is C=C(C)Cn1c(CNCC)cc2ccccc21. The third-order valence-electron chi connectivity index (χ3n) is 2.88. The molecule has 0 aliphatic heterocycles. The van der Waals surface area contributed by atoms with Crippen LogP contribution in [0.25, 0.3) is 10.9 Å². The lowest BCUT2D eigenvalue weighted by molar-refractivity contribution is 0.664. The van der Waals surface area contributed by atoms with Crippen molar-refractivity contribution in [2.45, 2.75) is 26.9 Å². The first kappa shape index (κ1) is 11.9. The molecule has 1 aromatic heterocycles. The Kier molecular flexibility index (Phi) is 3.64. The molecule has 17 heavy (non-hydrogen) atoms. The molecule has 0 atom stereocenters. The average molecular weight is 228 g/mol. The Labute approximate surface area is 103 Å². The molecule has 1 aromatic carbocycles. The van der Waals surface area contributed by atoms with Gasteiger partial charge < -0.3 is 9.88 Å². The summed E-state index contributed by atoms with van der Waals surface area (Å²) in [6.45, 7) is 11.0. The molecule has 0 radical (unpaired) electrons. The maximum Gasteiger partial charge on any atom is 0.0485 e. The van der Waals surface area contributed by atoms with E-state index in [2.05, 4.69) is 60.6 Å². The number of nitrogens with one attached hydrogen (secondary N) is 1. The number of rotatable bonds is 5. The highest BCUT2D eigenvalue weighted by Gasteiger charge is 2.07. The van der Waals surface area contributed by atoms with Crippen LogP contribution in [0.2, 0.25) is 0 Å². The number of aromatic nitrogens is 1. The smallest absolute Gasteiger partial charge is 0.0485 e. The molecule has 90 valence electrons. The molecule has 2 aromatic rings. The second kappa shape index (κ2) is 5.19. The number of hydrogen-bond acceptors (Lipinski definition) is 1. The zero-order valence-electron chi connectivity index (χ0n) is 10.7. The van der Waals surface area contributed by atoms with Crippen molar-refractivity contribution in [1.29, 1.82) is 0 Å². The van der Waals surface area contributed by atoms with Gasteiger partial charge in [-0.25, -0.2) is 0 Å². The van der Waals surface area contributed by atoms with Gasteiger partial charge in [0.05, 0.1) is 0 Å². The highest BCUT2D eigenvalue weighted by Crippen LogP contribution is 2.20. The summed E-state index contributed by atoms with van der Waals surface area (Å²) < 4.78 is 2.35. The lowest BCUT2D eigenvalue weighted by atomic mass is 10.2. The van der Waals surface area contributed by atoms with E-state index in [0.717, 1.165) is 19.6 Å². The standard InChI is InChI=1S/C15H20N2/c1-4-16-10-14-9-13-7-5-6-8-15(13)17(14)11-12(2)3/h5-9,16H,2,4,10-11H2,1,3H3. The second-order valence-corrected chi connectivity index (χ2v) is 4.52. The van der Waals surface area contributed by atoms with Crippen molar-refractivity contribution in [3.05, 3.63) is 48.2 Å². The lowest BCUT2D eigenvalue weighted by Gasteiger charge is -2.10. The third-order valence-corrected chi connectivity index (χ3v) is 2.88. The van der Waals surface area contributed by atoms with E-state index < -0.39 is 0 Å². The molecule has 0 saturated carbocycles. The lowest BCUT2D eigenvalue weighted by Crippen LogP contribution is -2.15. The van der Waals surface area contributed by atoms with E-state index in [1.807, 2.05) is 0 Å². The predicted octanol–water partition coefficient (Wildman–Crippen LogP) is 3.33. The first-order valence-corrected chi connectivity index (χ1v) is 6.14. The van der Waals surface area contributed by atoms with Crippen LogP contribution >= 0.6 is 0 Å². The van der Waals surface area contributed by atoms with Crippen molar-refractivity contribution in [1.82, 2.24) is 9.88 Å². The summed E-state index contributed by atoms with van der Waals surface area (Å²) in [5.74, 6) is 0. The van der Waals surface area contributed by atoms with E-state index >= 15 is 0 Å². The molecule has 2 heteroatoms. The minimum Gasteiger partial charge on any atom is -0.339 e. The van der Waals surface area contributed by atoms with E-state index in [4.69, 9.17) is 0 Å². The van der Waals surface area contributed by atoms with Crippen LogP contribution in [0.15, 0.2) is 42.5 Å². The van der Waals surface area contributed by atoms with Gasteiger partial charge in [-0.15, -0.1) is 0 Å². The normalized spacial score (nSPS) is 10.9. The van der Waals surface area contributed by atoms with Crippen LogP contribution < -0.4 is 5.32 Å². The van der Waals surface area contributed by atoms with Crippen LogP contribution in [0.5, 0.6) is 0 Å². The van der Waals surface area contributed by atoms with Gasteiger partial charge in [-0.1, -0.05) is 37.3 Å². The molecule has 0 unspecified atom stereocenters. The van der Waals surface area contributed by atoms with E-state index in [0.29, 0.717) is 0 Å². The topological polar surface area (TPSA) is 17.0 Å². The summed E-state index contributed by atoms with van der Waals surface area (Å²) in [5.41, 5.74) is 3.81. The molecular weight excluding hydrogens is 208 g/mol. The summed E-state index contributed by atoms with van der Waals surface area (Å²) in [5, 5.41) is 4.70. The molecule has 0 fully saturated rings. The van der Waals surface area contributed by atoms with Crippen LogP contribution in [-0.2, 0) is 13.1 Å². The van der Waals surface area contributed by atoms with Crippen molar-refractivity contribution in [3.63, 3.8) is 0 Å². The van der Waals surface area contributed by atoms with Crippen molar-refractivity contribution >= 4 is 10.9 Å². The summed E-state index contributed by atoms with van der Waals surface area (Å²) in [6.07, 6.45) is 0. The van der Waals surface area contributed by atoms with Gasteiger partial charge in [0.1, 0.15) is 0 Å². The Hall–Kier alpha value is -1.54. The fraction of sp³-hybridized carbons (Fsp3) is 0.333. The van der Waals surface area contributed by atoms with Crippen LogP contribution in [-0.4, -0.2) is 11.1 Å².